The van der Waals surface area contributed by atoms with Gasteiger partial charge < -0.3 is 0 Å². The van der Waals surface area contributed by atoms with Gasteiger partial charge in [0.25, 0.3) is 0 Å². The van der Waals surface area contributed by atoms with E-state index in [-0.39, 0.29) is 5.92 Å². The van der Waals surface area contributed by atoms with Gasteiger partial charge in [0.05, 0.1) is 0 Å². The zero-order valence-corrected chi connectivity index (χ0v) is 9.34. The molecule has 1 rings (SSSR count). The molecule has 1 heteroatoms. The first kappa shape index (κ1) is 9.78. The summed E-state index contributed by atoms with van der Waals surface area (Å²) >= 11 is 2.32. The van der Waals surface area contributed by atoms with E-state index in [0.29, 0.717) is 0 Å². The number of hydrogen-bond donors (Lipinski definition) is 0. The van der Waals surface area contributed by atoms with Gasteiger partial charge in [-0.2, -0.15) is 0 Å². The van der Waals surface area contributed by atoms with Crippen LogP contribution in [0.1, 0.15) is 17.0 Å². The van der Waals surface area contributed by atoms with Crippen LogP contribution in [-0.4, -0.2) is 0 Å². The summed E-state index contributed by atoms with van der Waals surface area (Å²) in [7, 11) is 0. The maximum Gasteiger partial charge on any atom is 0.0135 e. The Morgan fingerprint density at radius 1 is 1.42 bits per heavy atom. The van der Waals surface area contributed by atoms with Gasteiger partial charge in [0.15, 0.2) is 0 Å². The number of aryl methyl sites for hydroxylation is 1. The lowest BCUT2D eigenvalue weighted by atomic mass is 10.00. The van der Waals surface area contributed by atoms with Crippen LogP contribution in [0.5, 0.6) is 0 Å². The SMILES string of the molecule is [CH2]C(C=C)c1cc(C)cc(I)c1. The first-order valence-corrected chi connectivity index (χ1v) is 4.94. The van der Waals surface area contributed by atoms with Crippen molar-refractivity contribution in [2.45, 2.75) is 12.8 Å². The van der Waals surface area contributed by atoms with Crippen molar-refractivity contribution in [2.24, 2.45) is 0 Å². The summed E-state index contributed by atoms with van der Waals surface area (Å²) in [6.45, 7) is 9.82. The van der Waals surface area contributed by atoms with Crippen LogP contribution >= 0.6 is 22.6 Å². The molecule has 0 amide bonds. The summed E-state index contributed by atoms with van der Waals surface area (Å²) in [5.41, 5.74) is 2.53. The lowest BCUT2D eigenvalue weighted by Crippen LogP contribution is -1.90. The Hall–Kier alpha value is -0.310. The van der Waals surface area contributed by atoms with Gasteiger partial charge in [0, 0.05) is 9.49 Å². The highest BCUT2D eigenvalue weighted by atomic mass is 127. The molecule has 0 N–H and O–H groups in total. The molecule has 1 aromatic rings. The second kappa shape index (κ2) is 4.08. The summed E-state index contributed by atoms with van der Waals surface area (Å²) in [6, 6.07) is 6.45. The second-order valence-electron chi connectivity index (χ2n) is 2.90. The number of hydrogen-bond acceptors (Lipinski definition) is 0. The van der Waals surface area contributed by atoms with Crippen LogP contribution in [0.25, 0.3) is 0 Å². The molecule has 1 radical (unpaired) electrons. The Balaban J connectivity index is 3.08. The van der Waals surface area contributed by atoms with Gasteiger partial charge in [-0.3, -0.25) is 0 Å². The van der Waals surface area contributed by atoms with Crippen LogP contribution in [0.3, 0.4) is 0 Å². The average Bonchev–Trinajstić information content (AvgIpc) is 2.01. The monoisotopic (exact) mass is 271 g/mol. The maximum atomic E-state index is 3.99. The molecular weight excluding hydrogens is 259 g/mol. The fraction of sp³-hybridized carbons (Fsp3) is 0.182. The Morgan fingerprint density at radius 3 is 2.58 bits per heavy atom. The summed E-state index contributed by atoms with van der Waals surface area (Å²) in [4.78, 5) is 0. The molecule has 0 aliphatic rings. The van der Waals surface area contributed by atoms with Gasteiger partial charge in [-0.25, -0.2) is 0 Å². The van der Waals surface area contributed by atoms with Gasteiger partial charge in [0.1, 0.15) is 0 Å². The van der Waals surface area contributed by atoms with Gasteiger partial charge >= 0.3 is 0 Å². The van der Waals surface area contributed by atoms with E-state index in [1.165, 1.54) is 14.7 Å². The summed E-state index contributed by atoms with van der Waals surface area (Å²) in [5, 5.41) is 0. The Kier molecular flexibility index (Phi) is 3.32. The number of halogens is 1. The van der Waals surface area contributed by atoms with E-state index in [1.54, 1.807) is 0 Å². The highest BCUT2D eigenvalue weighted by Gasteiger charge is 2.01. The van der Waals surface area contributed by atoms with Crippen molar-refractivity contribution in [3.05, 3.63) is 52.5 Å². The number of allylic oxidation sites excluding steroid dienone is 1. The van der Waals surface area contributed by atoms with E-state index in [9.17, 15) is 0 Å². The van der Waals surface area contributed by atoms with E-state index >= 15 is 0 Å². The molecule has 0 saturated carbocycles. The fourth-order valence-electron chi connectivity index (χ4n) is 1.11. The van der Waals surface area contributed by atoms with Crippen molar-refractivity contribution in [1.82, 2.24) is 0 Å². The summed E-state index contributed by atoms with van der Waals surface area (Å²) < 4.78 is 1.26. The topological polar surface area (TPSA) is 0 Å². The Labute approximate surface area is 87.8 Å². The molecular formula is C11H12I. The zero-order chi connectivity index (χ0) is 9.14. The molecule has 0 fully saturated rings. The molecule has 0 nitrogen and oxygen atoms in total. The number of benzene rings is 1. The summed E-state index contributed by atoms with van der Waals surface area (Å²) in [5.74, 6) is 0.207. The van der Waals surface area contributed by atoms with Crippen molar-refractivity contribution in [1.29, 1.82) is 0 Å². The first-order chi connectivity index (χ1) is 5.63. The minimum atomic E-state index is 0.207. The first-order valence-electron chi connectivity index (χ1n) is 3.86. The third-order valence-electron chi connectivity index (χ3n) is 1.78. The lowest BCUT2D eigenvalue weighted by molar-refractivity contribution is 1.07. The predicted molar refractivity (Wildman–Crippen MR) is 62.2 cm³/mol. The van der Waals surface area contributed by atoms with E-state index in [2.05, 4.69) is 61.2 Å². The molecule has 0 aliphatic carbocycles. The second-order valence-corrected chi connectivity index (χ2v) is 4.15. The van der Waals surface area contributed by atoms with E-state index in [1.807, 2.05) is 6.08 Å². The molecule has 0 spiro atoms. The van der Waals surface area contributed by atoms with E-state index in [0.717, 1.165) is 0 Å². The normalized spacial score (nSPS) is 12.6. The van der Waals surface area contributed by atoms with E-state index in [4.69, 9.17) is 0 Å². The third kappa shape index (κ3) is 2.34. The van der Waals surface area contributed by atoms with Crippen molar-refractivity contribution >= 4 is 22.6 Å². The molecule has 0 aromatic heterocycles. The highest BCUT2D eigenvalue weighted by Crippen LogP contribution is 2.19. The maximum absolute atomic E-state index is 3.99. The molecule has 0 heterocycles. The number of rotatable bonds is 2. The molecule has 1 aromatic carbocycles. The zero-order valence-electron chi connectivity index (χ0n) is 7.18. The van der Waals surface area contributed by atoms with Gasteiger partial charge in [-0.15, -0.1) is 6.58 Å². The van der Waals surface area contributed by atoms with Gasteiger partial charge in [0.2, 0.25) is 0 Å². The van der Waals surface area contributed by atoms with Crippen molar-refractivity contribution in [3.63, 3.8) is 0 Å². The molecule has 1 unspecified atom stereocenters. The molecule has 0 bridgehead atoms. The Morgan fingerprint density at radius 2 is 2.08 bits per heavy atom. The Bertz CT molecular complexity index is 269. The van der Waals surface area contributed by atoms with Crippen molar-refractivity contribution < 1.29 is 0 Å². The van der Waals surface area contributed by atoms with Crippen LogP contribution in [0.4, 0.5) is 0 Å². The smallest absolute Gasteiger partial charge is 0.0135 e. The standard InChI is InChI=1S/C11H12I/c1-4-9(3)10-5-8(2)6-11(12)7-10/h4-7,9H,1,3H2,2H3. The highest BCUT2D eigenvalue weighted by molar-refractivity contribution is 14.1. The predicted octanol–water partition coefficient (Wildman–Crippen LogP) is 3.70. The van der Waals surface area contributed by atoms with Crippen LogP contribution < -0.4 is 0 Å². The minimum Gasteiger partial charge on any atom is -0.102 e. The van der Waals surface area contributed by atoms with Crippen LogP contribution in [0.15, 0.2) is 30.9 Å². The van der Waals surface area contributed by atoms with Gasteiger partial charge in [-0.1, -0.05) is 12.1 Å². The third-order valence-corrected chi connectivity index (χ3v) is 2.40. The fourth-order valence-corrected chi connectivity index (χ4v) is 1.97. The van der Waals surface area contributed by atoms with Crippen LogP contribution in [0, 0.1) is 17.4 Å². The van der Waals surface area contributed by atoms with Crippen molar-refractivity contribution in [2.75, 3.05) is 0 Å². The molecule has 0 aliphatic heterocycles. The molecule has 63 valence electrons. The van der Waals surface area contributed by atoms with E-state index < -0.39 is 0 Å². The molecule has 0 saturated heterocycles. The minimum absolute atomic E-state index is 0.207. The average molecular weight is 271 g/mol. The lowest BCUT2D eigenvalue weighted by Gasteiger charge is -2.07. The van der Waals surface area contributed by atoms with Crippen LogP contribution in [-0.2, 0) is 0 Å². The van der Waals surface area contributed by atoms with Gasteiger partial charge in [-0.05, 0) is 59.7 Å². The molecule has 12 heavy (non-hydrogen) atoms. The summed E-state index contributed by atoms with van der Waals surface area (Å²) in [6.07, 6.45) is 1.87. The van der Waals surface area contributed by atoms with Crippen molar-refractivity contribution in [3.8, 4) is 0 Å². The largest absolute Gasteiger partial charge is 0.102 e. The quantitative estimate of drug-likeness (QED) is 0.568. The molecule has 1 atom stereocenters. The van der Waals surface area contributed by atoms with Crippen LogP contribution in [0.2, 0.25) is 0 Å².